The maximum atomic E-state index is 13.0. The molecule has 0 amide bonds. The summed E-state index contributed by atoms with van der Waals surface area (Å²) >= 11 is -0.283. The SMILES string of the molecule is C.O=S(=O)(Nc1nc2ccccc2nc1Nc1ccccc1SC(F)(F)F)c1ccccc1. The van der Waals surface area contributed by atoms with E-state index in [-0.39, 0.29) is 46.3 Å². The molecule has 172 valence electrons. The predicted molar refractivity (Wildman–Crippen MR) is 125 cm³/mol. The largest absolute Gasteiger partial charge is 0.446 e. The molecule has 6 nitrogen and oxygen atoms in total. The van der Waals surface area contributed by atoms with Crippen LogP contribution in [0.1, 0.15) is 7.43 Å². The van der Waals surface area contributed by atoms with Crippen molar-refractivity contribution in [1.29, 1.82) is 0 Å². The van der Waals surface area contributed by atoms with E-state index in [2.05, 4.69) is 20.0 Å². The molecule has 0 aliphatic rings. The van der Waals surface area contributed by atoms with Crippen LogP contribution >= 0.6 is 11.8 Å². The molecule has 1 aromatic heterocycles. The Kier molecular flexibility index (Phi) is 7.13. The average molecular weight is 493 g/mol. The Labute approximate surface area is 193 Å². The van der Waals surface area contributed by atoms with Gasteiger partial charge in [0, 0.05) is 4.90 Å². The van der Waals surface area contributed by atoms with Crippen LogP contribution in [0.3, 0.4) is 0 Å². The lowest BCUT2D eigenvalue weighted by atomic mass is 10.3. The number of nitrogens with one attached hydrogen (secondary N) is 2. The number of hydrogen-bond donors (Lipinski definition) is 2. The predicted octanol–water partition coefficient (Wildman–Crippen LogP) is 6.42. The molecule has 2 N–H and O–H groups in total. The number of anilines is 3. The molecular weight excluding hydrogens is 473 g/mol. The molecular formula is C22H19F3N4O2S2. The molecule has 0 spiro atoms. The van der Waals surface area contributed by atoms with Crippen molar-refractivity contribution in [2.45, 2.75) is 22.7 Å². The first-order valence-electron chi connectivity index (χ1n) is 9.18. The summed E-state index contributed by atoms with van der Waals surface area (Å²) in [6.45, 7) is 0. The highest BCUT2D eigenvalue weighted by Gasteiger charge is 2.30. The molecule has 0 saturated heterocycles. The number of benzene rings is 3. The summed E-state index contributed by atoms with van der Waals surface area (Å²) in [7, 11) is -4.01. The summed E-state index contributed by atoms with van der Waals surface area (Å²) in [4.78, 5) is 8.65. The number of halogens is 3. The standard InChI is InChI=1S/C21H15F3N4O2S2.CH4/c22-21(23,24)31-18-13-7-6-12-17(18)27-19-20(26-16-11-5-4-10-15(16)25-19)28-32(29,30)14-8-2-1-3-9-14;/h1-13H,(H,25,27)(H,26,28);1H4. The van der Waals surface area contributed by atoms with Crippen molar-refractivity contribution < 1.29 is 21.6 Å². The third-order valence-corrected chi connectivity index (χ3v) is 6.38. The van der Waals surface area contributed by atoms with E-state index in [1.807, 2.05) is 0 Å². The fourth-order valence-electron chi connectivity index (χ4n) is 2.86. The van der Waals surface area contributed by atoms with Crippen LogP contribution in [-0.4, -0.2) is 23.9 Å². The highest BCUT2D eigenvalue weighted by atomic mass is 32.2. The van der Waals surface area contributed by atoms with Crippen molar-refractivity contribution in [3.8, 4) is 0 Å². The minimum atomic E-state index is -4.50. The fraction of sp³-hybridized carbons (Fsp3) is 0.0909. The first kappa shape index (κ1) is 24.3. The molecule has 11 heteroatoms. The Morgan fingerprint density at radius 2 is 1.30 bits per heavy atom. The van der Waals surface area contributed by atoms with Gasteiger partial charge in [-0.05, 0) is 48.2 Å². The molecule has 4 rings (SSSR count). The van der Waals surface area contributed by atoms with Gasteiger partial charge in [0.1, 0.15) is 0 Å². The van der Waals surface area contributed by atoms with Crippen molar-refractivity contribution in [1.82, 2.24) is 9.97 Å². The van der Waals surface area contributed by atoms with Gasteiger partial charge in [-0.25, -0.2) is 18.4 Å². The summed E-state index contributed by atoms with van der Waals surface area (Å²) in [5.74, 6) is -0.169. The molecule has 0 fully saturated rings. The number of hydrogen-bond acceptors (Lipinski definition) is 6. The summed E-state index contributed by atoms with van der Waals surface area (Å²) in [6, 6.07) is 20.2. The summed E-state index contributed by atoms with van der Waals surface area (Å²) < 4.78 is 67.0. The quantitative estimate of drug-likeness (QED) is 0.302. The fourth-order valence-corrected chi connectivity index (χ4v) is 4.51. The van der Waals surface area contributed by atoms with Gasteiger partial charge >= 0.3 is 5.51 Å². The van der Waals surface area contributed by atoms with Gasteiger partial charge in [0.05, 0.1) is 21.6 Å². The van der Waals surface area contributed by atoms with Crippen molar-refractivity contribution >= 4 is 50.1 Å². The third kappa shape index (κ3) is 5.93. The second-order valence-electron chi connectivity index (χ2n) is 6.50. The molecule has 0 atom stereocenters. The molecule has 33 heavy (non-hydrogen) atoms. The van der Waals surface area contributed by atoms with E-state index in [9.17, 15) is 21.6 Å². The number of alkyl halides is 3. The van der Waals surface area contributed by atoms with Crippen LogP contribution in [0.25, 0.3) is 11.0 Å². The van der Waals surface area contributed by atoms with E-state index in [4.69, 9.17) is 0 Å². The van der Waals surface area contributed by atoms with Crippen molar-refractivity contribution in [3.63, 3.8) is 0 Å². The summed E-state index contributed by atoms with van der Waals surface area (Å²) in [6.07, 6.45) is 0. The molecule has 1 heterocycles. The Morgan fingerprint density at radius 3 is 1.94 bits per heavy atom. The smallest absolute Gasteiger partial charge is 0.336 e. The Balaban J connectivity index is 0.00000306. The van der Waals surface area contributed by atoms with E-state index in [1.165, 1.54) is 30.3 Å². The van der Waals surface area contributed by atoms with Crippen LogP contribution in [0.5, 0.6) is 0 Å². The van der Waals surface area contributed by atoms with Gasteiger partial charge in [0.25, 0.3) is 10.0 Å². The van der Waals surface area contributed by atoms with Gasteiger partial charge in [-0.1, -0.05) is 49.9 Å². The highest BCUT2D eigenvalue weighted by Crippen LogP contribution is 2.41. The summed E-state index contributed by atoms with van der Waals surface area (Å²) in [5.41, 5.74) is -3.52. The monoisotopic (exact) mass is 492 g/mol. The lowest BCUT2D eigenvalue weighted by molar-refractivity contribution is -0.0328. The van der Waals surface area contributed by atoms with Crippen molar-refractivity contribution in [2.24, 2.45) is 0 Å². The Hall–Kier alpha value is -3.31. The van der Waals surface area contributed by atoms with Crippen LogP contribution in [0, 0.1) is 0 Å². The number of sulfonamides is 1. The Bertz CT molecular complexity index is 1370. The molecule has 0 bridgehead atoms. The molecule has 0 radical (unpaired) electrons. The molecule has 0 unspecified atom stereocenters. The maximum Gasteiger partial charge on any atom is 0.446 e. The van der Waals surface area contributed by atoms with Crippen LogP contribution in [-0.2, 0) is 10.0 Å². The third-order valence-electron chi connectivity index (χ3n) is 4.22. The van der Waals surface area contributed by atoms with E-state index in [0.29, 0.717) is 11.0 Å². The zero-order valence-corrected chi connectivity index (χ0v) is 17.8. The van der Waals surface area contributed by atoms with E-state index < -0.39 is 15.5 Å². The topological polar surface area (TPSA) is 84.0 Å². The number of nitrogens with zero attached hydrogens (tertiary/aromatic N) is 2. The minimum Gasteiger partial charge on any atom is -0.336 e. The molecule has 0 aliphatic heterocycles. The van der Waals surface area contributed by atoms with Gasteiger partial charge in [-0.15, -0.1) is 0 Å². The van der Waals surface area contributed by atoms with E-state index >= 15 is 0 Å². The van der Waals surface area contributed by atoms with Crippen LogP contribution in [0.4, 0.5) is 30.5 Å². The first-order valence-corrected chi connectivity index (χ1v) is 11.5. The van der Waals surface area contributed by atoms with Gasteiger partial charge < -0.3 is 5.32 Å². The van der Waals surface area contributed by atoms with Crippen LogP contribution in [0.15, 0.2) is 88.7 Å². The van der Waals surface area contributed by atoms with Gasteiger partial charge in [0.2, 0.25) is 0 Å². The first-order chi connectivity index (χ1) is 15.2. The van der Waals surface area contributed by atoms with E-state index in [1.54, 1.807) is 48.5 Å². The van der Waals surface area contributed by atoms with Gasteiger partial charge in [-0.2, -0.15) is 13.2 Å². The normalized spacial score (nSPS) is 11.6. The maximum absolute atomic E-state index is 13.0. The lowest BCUT2D eigenvalue weighted by Gasteiger charge is -2.16. The zero-order valence-electron chi connectivity index (χ0n) is 16.2. The minimum absolute atomic E-state index is 0. The van der Waals surface area contributed by atoms with Crippen molar-refractivity contribution in [2.75, 3.05) is 10.0 Å². The Morgan fingerprint density at radius 1 is 0.758 bits per heavy atom. The number of thioether (sulfide) groups is 1. The number of para-hydroxylation sites is 3. The number of fused-ring (bicyclic) bond motifs is 1. The number of aromatic nitrogens is 2. The number of rotatable bonds is 6. The van der Waals surface area contributed by atoms with Gasteiger partial charge in [0.15, 0.2) is 11.6 Å². The average Bonchev–Trinajstić information content (AvgIpc) is 2.75. The molecule has 4 aromatic rings. The van der Waals surface area contributed by atoms with E-state index in [0.717, 1.165) is 0 Å². The molecule has 0 aliphatic carbocycles. The van der Waals surface area contributed by atoms with Crippen molar-refractivity contribution in [3.05, 3.63) is 78.9 Å². The highest BCUT2D eigenvalue weighted by molar-refractivity contribution is 8.00. The summed E-state index contributed by atoms with van der Waals surface area (Å²) in [5, 5.41) is 2.81. The second kappa shape index (κ2) is 9.67. The lowest BCUT2D eigenvalue weighted by Crippen LogP contribution is -2.16. The zero-order chi connectivity index (χ0) is 22.8. The van der Waals surface area contributed by atoms with Gasteiger partial charge in [-0.3, -0.25) is 4.72 Å². The second-order valence-corrected chi connectivity index (χ2v) is 9.29. The molecule has 0 saturated carbocycles. The molecule has 3 aromatic carbocycles. The van der Waals surface area contributed by atoms with Crippen LogP contribution < -0.4 is 10.0 Å². The van der Waals surface area contributed by atoms with Crippen LogP contribution in [0.2, 0.25) is 0 Å².